The first-order valence-electron chi connectivity index (χ1n) is 3.63. The van der Waals surface area contributed by atoms with Crippen molar-refractivity contribution < 1.29 is 4.74 Å². The second-order valence-corrected chi connectivity index (χ2v) is 3.83. The topological polar surface area (TPSA) is 21.3 Å². The van der Waals surface area contributed by atoms with E-state index in [0.717, 1.165) is 22.5 Å². The second-order valence-electron chi connectivity index (χ2n) is 2.54. The van der Waals surface area contributed by atoms with Crippen LogP contribution < -0.4 is 10.1 Å². The van der Waals surface area contributed by atoms with Gasteiger partial charge in [0, 0.05) is 11.6 Å². The van der Waals surface area contributed by atoms with Gasteiger partial charge in [0.2, 0.25) is 0 Å². The van der Waals surface area contributed by atoms with Gasteiger partial charge in [0.15, 0.2) is 5.75 Å². The lowest BCUT2D eigenvalue weighted by atomic mass is 10.2. The van der Waals surface area contributed by atoms with Crippen molar-refractivity contribution in [2.45, 2.75) is 0 Å². The first-order valence-corrected chi connectivity index (χ1v) is 4.80. The van der Waals surface area contributed by atoms with Crippen molar-refractivity contribution in [1.29, 1.82) is 0 Å². The van der Waals surface area contributed by atoms with Gasteiger partial charge in [-0.15, -0.1) is 12.4 Å². The molecule has 13 heavy (non-hydrogen) atoms. The summed E-state index contributed by atoms with van der Waals surface area (Å²) in [6.07, 6.45) is 0. The number of ether oxygens (including phenoxy) is 1. The summed E-state index contributed by atoms with van der Waals surface area (Å²) < 4.78 is 6.34. The van der Waals surface area contributed by atoms with Crippen LogP contribution in [-0.2, 0) is 0 Å². The molecule has 5 heteroatoms. The Morgan fingerprint density at radius 1 is 1.46 bits per heavy atom. The minimum Gasteiger partial charge on any atom is -0.488 e. The van der Waals surface area contributed by atoms with Gasteiger partial charge < -0.3 is 10.1 Å². The van der Waals surface area contributed by atoms with Gasteiger partial charge in [-0.1, -0.05) is 11.6 Å². The van der Waals surface area contributed by atoms with E-state index in [4.69, 9.17) is 16.3 Å². The number of anilines is 1. The molecule has 0 unspecified atom stereocenters. The zero-order chi connectivity index (χ0) is 8.55. The highest BCUT2D eigenvalue weighted by Crippen LogP contribution is 2.37. The molecule has 0 saturated heterocycles. The van der Waals surface area contributed by atoms with Crippen LogP contribution in [-0.4, -0.2) is 13.2 Å². The summed E-state index contributed by atoms with van der Waals surface area (Å²) in [6, 6.07) is 3.69. The normalized spacial score (nSPS) is 13.4. The van der Waals surface area contributed by atoms with E-state index >= 15 is 0 Å². The van der Waals surface area contributed by atoms with E-state index in [0.29, 0.717) is 11.6 Å². The highest BCUT2D eigenvalue weighted by atomic mass is 79.9. The van der Waals surface area contributed by atoms with E-state index < -0.39 is 0 Å². The molecule has 0 spiro atoms. The quantitative estimate of drug-likeness (QED) is 0.789. The van der Waals surface area contributed by atoms with Crippen LogP contribution >= 0.6 is 39.9 Å². The van der Waals surface area contributed by atoms with E-state index in [2.05, 4.69) is 21.2 Å². The van der Waals surface area contributed by atoms with Gasteiger partial charge in [0.1, 0.15) is 6.61 Å². The number of hydrogen-bond donors (Lipinski definition) is 1. The molecule has 1 N–H and O–H groups in total. The van der Waals surface area contributed by atoms with E-state index in [1.54, 1.807) is 0 Å². The lowest BCUT2D eigenvalue weighted by Gasteiger charge is -2.20. The minimum atomic E-state index is 0. The molecule has 0 fully saturated rings. The van der Waals surface area contributed by atoms with E-state index in [1.807, 2.05) is 12.1 Å². The van der Waals surface area contributed by atoms with Gasteiger partial charge in [-0.05, 0) is 28.1 Å². The average Bonchev–Trinajstić information content (AvgIpc) is 2.04. The summed E-state index contributed by atoms with van der Waals surface area (Å²) in [5.41, 5.74) is 0.959. The summed E-state index contributed by atoms with van der Waals surface area (Å²) in [4.78, 5) is 0. The molecule has 1 aliphatic rings. The first kappa shape index (κ1) is 11.0. The summed E-state index contributed by atoms with van der Waals surface area (Å²) in [7, 11) is 0. The van der Waals surface area contributed by atoms with Crippen LogP contribution in [0, 0.1) is 0 Å². The molecular weight excluding hydrogens is 277 g/mol. The molecule has 1 aliphatic heterocycles. The molecule has 0 saturated carbocycles. The fourth-order valence-electron chi connectivity index (χ4n) is 1.18. The fraction of sp³-hybridized carbons (Fsp3) is 0.250. The van der Waals surface area contributed by atoms with Crippen molar-refractivity contribution in [3.63, 3.8) is 0 Å². The van der Waals surface area contributed by atoms with Crippen LogP contribution in [0.4, 0.5) is 5.69 Å². The van der Waals surface area contributed by atoms with Gasteiger partial charge in [-0.25, -0.2) is 0 Å². The van der Waals surface area contributed by atoms with Crippen molar-refractivity contribution in [3.8, 4) is 5.75 Å². The Morgan fingerprint density at radius 3 is 3.00 bits per heavy atom. The number of benzene rings is 1. The molecule has 0 bridgehead atoms. The number of rotatable bonds is 0. The molecule has 0 atom stereocenters. The van der Waals surface area contributed by atoms with Crippen LogP contribution in [0.5, 0.6) is 5.75 Å². The molecule has 1 aromatic rings. The van der Waals surface area contributed by atoms with Gasteiger partial charge in [-0.3, -0.25) is 0 Å². The molecule has 0 aliphatic carbocycles. The summed E-state index contributed by atoms with van der Waals surface area (Å²) in [6.45, 7) is 1.53. The van der Waals surface area contributed by atoms with Gasteiger partial charge in [0.05, 0.1) is 10.2 Å². The molecule has 1 aromatic carbocycles. The van der Waals surface area contributed by atoms with Crippen LogP contribution in [0.15, 0.2) is 16.6 Å². The Balaban J connectivity index is 0.000000845. The molecule has 1 heterocycles. The fourth-order valence-corrected chi connectivity index (χ4v) is 2.10. The highest BCUT2D eigenvalue weighted by Gasteiger charge is 2.13. The molecular formula is C8H8BrCl2NO. The average molecular weight is 285 g/mol. The third kappa shape index (κ3) is 2.22. The van der Waals surface area contributed by atoms with Crippen LogP contribution in [0.1, 0.15) is 0 Å². The van der Waals surface area contributed by atoms with Gasteiger partial charge in [0.25, 0.3) is 0 Å². The van der Waals surface area contributed by atoms with Crippen LogP contribution in [0.3, 0.4) is 0 Å². The van der Waals surface area contributed by atoms with Crippen LogP contribution in [0.25, 0.3) is 0 Å². The molecule has 2 nitrogen and oxygen atoms in total. The number of fused-ring (bicyclic) bond motifs is 1. The summed E-state index contributed by atoms with van der Waals surface area (Å²) in [5.74, 6) is 0.852. The first-order chi connectivity index (χ1) is 5.77. The maximum Gasteiger partial charge on any atom is 0.156 e. The third-order valence-electron chi connectivity index (χ3n) is 1.67. The predicted octanol–water partition coefficient (Wildman–Crippen LogP) is 3.33. The Bertz CT molecular complexity index is 319. The largest absolute Gasteiger partial charge is 0.488 e. The lowest BCUT2D eigenvalue weighted by Crippen LogP contribution is -2.18. The zero-order valence-corrected chi connectivity index (χ0v) is 9.80. The summed E-state index contributed by atoms with van der Waals surface area (Å²) in [5, 5.41) is 3.91. The smallest absolute Gasteiger partial charge is 0.156 e. The summed E-state index contributed by atoms with van der Waals surface area (Å²) >= 11 is 9.24. The van der Waals surface area contributed by atoms with Gasteiger partial charge in [-0.2, -0.15) is 0 Å². The lowest BCUT2D eigenvalue weighted by molar-refractivity contribution is 0.321. The third-order valence-corrected chi connectivity index (χ3v) is 2.48. The highest BCUT2D eigenvalue weighted by molar-refractivity contribution is 9.10. The van der Waals surface area contributed by atoms with Crippen molar-refractivity contribution in [2.24, 2.45) is 0 Å². The van der Waals surface area contributed by atoms with E-state index in [1.165, 1.54) is 0 Å². The van der Waals surface area contributed by atoms with Crippen molar-refractivity contribution >= 4 is 45.6 Å². The molecule has 72 valence electrons. The number of nitrogens with one attached hydrogen (secondary N) is 1. The minimum absolute atomic E-state index is 0. The monoisotopic (exact) mass is 283 g/mol. The number of halogens is 3. The maximum atomic E-state index is 5.86. The van der Waals surface area contributed by atoms with E-state index in [-0.39, 0.29) is 12.4 Å². The molecule has 0 amide bonds. The SMILES string of the molecule is Cl.Clc1cc(Br)c2c(c1)NCCO2. The second kappa shape index (κ2) is 4.40. The molecule has 0 aromatic heterocycles. The van der Waals surface area contributed by atoms with Crippen molar-refractivity contribution in [2.75, 3.05) is 18.5 Å². The predicted molar refractivity (Wildman–Crippen MR) is 60.4 cm³/mol. The Hall–Kier alpha value is -0.120. The Kier molecular flexibility index (Phi) is 3.71. The number of hydrogen-bond acceptors (Lipinski definition) is 2. The van der Waals surface area contributed by atoms with Gasteiger partial charge >= 0.3 is 0 Å². The van der Waals surface area contributed by atoms with Crippen molar-refractivity contribution in [3.05, 3.63) is 21.6 Å². The zero-order valence-electron chi connectivity index (χ0n) is 6.64. The Morgan fingerprint density at radius 2 is 2.23 bits per heavy atom. The van der Waals surface area contributed by atoms with Crippen LogP contribution in [0.2, 0.25) is 5.02 Å². The standard InChI is InChI=1S/C8H7BrClNO.ClH/c9-6-3-5(10)4-7-8(6)12-2-1-11-7;/h3-4,11H,1-2H2;1H. The molecule has 0 radical (unpaired) electrons. The molecule has 2 rings (SSSR count). The maximum absolute atomic E-state index is 5.86. The van der Waals surface area contributed by atoms with Crippen molar-refractivity contribution in [1.82, 2.24) is 0 Å². The Labute approximate surface area is 96.1 Å². The van der Waals surface area contributed by atoms with E-state index in [9.17, 15) is 0 Å².